The van der Waals surface area contributed by atoms with Gasteiger partial charge >= 0.3 is 5.97 Å². The van der Waals surface area contributed by atoms with E-state index in [-0.39, 0.29) is 18.1 Å². The summed E-state index contributed by atoms with van der Waals surface area (Å²) < 4.78 is 34.6. The van der Waals surface area contributed by atoms with Crippen molar-refractivity contribution in [2.75, 3.05) is 13.2 Å². The summed E-state index contributed by atoms with van der Waals surface area (Å²) in [6.45, 7) is 3.49. The van der Waals surface area contributed by atoms with Crippen molar-refractivity contribution in [1.29, 1.82) is 0 Å². The number of esters is 1. The van der Waals surface area contributed by atoms with E-state index in [2.05, 4.69) is 0 Å². The molecule has 2 aromatic carbocycles. The minimum Gasteiger partial charge on any atom is -0.461 e. The maximum absolute atomic E-state index is 12.1. The van der Waals surface area contributed by atoms with Crippen LogP contribution in [0.4, 0.5) is 0 Å². The molecule has 0 aliphatic rings. The largest absolute Gasteiger partial charge is 0.461 e. The molecule has 2 aromatic rings. The van der Waals surface area contributed by atoms with Crippen molar-refractivity contribution in [2.24, 2.45) is 5.41 Å². The van der Waals surface area contributed by atoms with E-state index in [4.69, 9.17) is 8.92 Å². The van der Waals surface area contributed by atoms with Gasteiger partial charge in [-0.2, -0.15) is 8.42 Å². The lowest BCUT2D eigenvalue weighted by Gasteiger charge is -2.23. The number of carbonyl (C=O) groups excluding carboxylic acids is 1. The second-order valence-corrected chi connectivity index (χ2v) is 7.75. The number of hydrogen-bond acceptors (Lipinski definition) is 5. The molecule has 0 amide bonds. The molecule has 0 N–H and O–H groups in total. The summed E-state index contributed by atoms with van der Waals surface area (Å²) >= 11 is 0. The molecule has 24 heavy (non-hydrogen) atoms. The Kier molecular flexibility index (Phi) is 5.75. The van der Waals surface area contributed by atoms with Crippen molar-refractivity contribution in [2.45, 2.75) is 18.7 Å². The van der Waals surface area contributed by atoms with Gasteiger partial charge in [0, 0.05) is 5.41 Å². The van der Waals surface area contributed by atoms with Crippen LogP contribution in [0.5, 0.6) is 0 Å². The van der Waals surface area contributed by atoms with Crippen molar-refractivity contribution < 1.29 is 22.1 Å². The first kappa shape index (κ1) is 18.2. The SMILES string of the molecule is CC(C)(COC(=O)c1ccccc1)COS(=O)(=O)c1ccccc1. The molecule has 0 aliphatic carbocycles. The minimum absolute atomic E-state index is 0.0467. The van der Waals surface area contributed by atoms with Crippen LogP contribution in [-0.2, 0) is 19.0 Å². The first-order valence-corrected chi connectivity index (χ1v) is 8.88. The van der Waals surface area contributed by atoms with E-state index in [0.717, 1.165) is 0 Å². The Hall–Kier alpha value is -2.18. The van der Waals surface area contributed by atoms with Crippen molar-refractivity contribution in [3.8, 4) is 0 Å². The molecule has 0 spiro atoms. The Bertz CT molecular complexity index is 768. The number of carbonyl (C=O) groups is 1. The quantitative estimate of drug-likeness (QED) is 0.567. The fourth-order valence-electron chi connectivity index (χ4n) is 1.85. The normalized spacial score (nSPS) is 11.9. The third kappa shape index (κ3) is 5.18. The Morgan fingerprint density at radius 1 is 0.917 bits per heavy atom. The zero-order valence-electron chi connectivity index (χ0n) is 13.6. The second-order valence-electron chi connectivity index (χ2n) is 6.14. The molecule has 0 aromatic heterocycles. The number of rotatable bonds is 7. The smallest absolute Gasteiger partial charge is 0.338 e. The van der Waals surface area contributed by atoms with Crippen LogP contribution in [-0.4, -0.2) is 27.6 Å². The molecule has 0 radical (unpaired) electrons. The van der Waals surface area contributed by atoms with Gasteiger partial charge in [-0.05, 0) is 24.3 Å². The van der Waals surface area contributed by atoms with Gasteiger partial charge in [-0.25, -0.2) is 4.79 Å². The van der Waals surface area contributed by atoms with E-state index >= 15 is 0 Å². The molecule has 6 heteroatoms. The third-order valence-corrected chi connectivity index (χ3v) is 4.52. The molecule has 0 bridgehead atoms. The maximum Gasteiger partial charge on any atom is 0.338 e. The molecule has 0 fully saturated rings. The van der Waals surface area contributed by atoms with E-state index in [1.807, 2.05) is 6.07 Å². The molecule has 0 saturated carbocycles. The highest BCUT2D eigenvalue weighted by molar-refractivity contribution is 7.86. The van der Waals surface area contributed by atoms with E-state index in [1.165, 1.54) is 12.1 Å². The standard InChI is InChI=1S/C18H20O5S/c1-18(2,13-22-17(19)15-9-5-3-6-10-15)14-23-24(20,21)16-11-7-4-8-12-16/h3-12H,13-14H2,1-2H3. The Balaban J connectivity index is 1.91. The molecular weight excluding hydrogens is 328 g/mol. The van der Waals surface area contributed by atoms with Gasteiger partial charge in [0.2, 0.25) is 0 Å². The summed E-state index contributed by atoms with van der Waals surface area (Å²) in [7, 11) is -3.82. The topological polar surface area (TPSA) is 69.7 Å². The summed E-state index contributed by atoms with van der Waals surface area (Å²) in [4.78, 5) is 12.0. The fourth-order valence-corrected chi connectivity index (χ4v) is 2.95. The van der Waals surface area contributed by atoms with Crippen LogP contribution in [0, 0.1) is 5.41 Å². The predicted octanol–water partition coefficient (Wildman–Crippen LogP) is 3.28. The molecule has 2 rings (SSSR count). The van der Waals surface area contributed by atoms with E-state index in [9.17, 15) is 13.2 Å². The van der Waals surface area contributed by atoms with E-state index in [1.54, 1.807) is 56.3 Å². The zero-order chi connectivity index (χ0) is 17.6. The highest BCUT2D eigenvalue weighted by Crippen LogP contribution is 2.21. The molecular formula is C18H20O5S. The predicted molar refractivity (Wildman–Crippen MR) is 90.1 cm³/mol. The lowest BCUT2D eigenvalue weighted by molar-refractivity contribution is 0.0255. The van der Waals surface area contributed by atoms with E-state index in [0.29, 0.717) is 5.56 Å². The summed E-state index contributed by atoms with van der Waals surface area (Å²) in [5.41, 5.74) is -0.196. The van der Waals surface area contributed by atoms with Gasteiger partial charge < -0.3 is 4.74 Å². The molecule has 128 valence electrons. The minimum atomic E-state index is -3.82. The van der Waals surface area contributed by atoms with Crippen LogP contribution in [0.2, 0.25) is 0 Å². The fraction of sp³-hybridized carbons (Fsp3) is 0.278. The van der Waals surface area contributed by atoms with Crippen LogP contribution in [0.25, 0.3) is 0 Å². The zero-order valence-corrected chi connectivity index (χ0v) is 14.5. The summed E-state index contributed by atoms with van der Waals surface area (Å²) in [6, 6.07) is 16.5. The van der Waals surface area contributed by atoms with Gasteiger partial charge in [-0.15, -0.1) is 0 Å². The van der Waals surface area contributed by atoms with Crippen molar-refractivity contribution in [3.05, 3.63) is 66.2 Å². The Labute approximate surface area is 142 Å². The summed E-state index contributed by atoms with van der Waals surface area (Å²) in [5, 5.41) is 0. The van der Waals surface area contributed by atoms with Crippen LogP contribution in [0.3, 0.4) is 0 Å². The van der Waals surface area contributed by atoms with Crippen LogP contribution in [0.15, 0.2) is 65.6 Å². The third-order valence-electron chi connectivity index (χ3n) is 3.24. The molecule has 0 saturated heterocycles. The summed E-state index contributed by atoms with van der Waals surface area (Å²) in [6.07, 6.45) is 0. The number of hydrogen-bond donors (Lipinski definition) is 0. The first-order valence-electron chi connectivity index (χ1n) is 7.47. The van der Waals surface area contributed by atoms with Gasteiger partial charge in [0.05, 0.1) is 23.7 Å². The van der Waals surface area contributed by atoms with E-state index < -0.39 is 21.5 Å². The first-order chi connectivity index (χ1) is 11.3. The molecule has 0 heterocycles. The second kappa shape index (κ2) is 7.59. The van der Waals surface area contributed by atoms with Gasteiger partial charge in [0.25, 0.3) is 10.1 Å². The summed E-state index contributed by atoms with van der Waals surface area (Å²) in [5.74, 6) is -0.449. The Morgan fingerprint density at radius 3 is 2.04 bits per heavy atom. The van der Waals surface area contributed by atoms with Crippen LogP contribution >= 0.6 is 0 Å². The molecule has 0 atom stereocenters. The highest BCUT2D eigenvalue weighted by Gasteiger charge is 2.25. The van der Waals surface area contributed by atoms with Crippen molar-refractivity contribution in [3.63, 3.8) is 0 Å². The number of benzene rings is 2. The Morgan fingerprint density at radius 2 is 1.46 bits per heavy atom. The molecule has 5 nitrogen and oxygen atoms in total. The van der Waals surface area contributed by atoms with Gasteiger partial charge in [0.15, 0.2) is 0 Å². The maximum atomic E-state index is 12.1. The van der Waals surface area contributed by atoms with Gasteiger partial charge in [-0.1, -0.05) is 50.2 Å². The lowest BCUT2D eigenvalue weighted by Crippen LogP contribution is -2.28. The lowest BCUT2D eigenvalue weighted by atomic mass is 9.96. The van der Waals surface area contributed by atoms with Crippen LogP contribution < -0.4 is 0 Å². The van der Waals surface area contributed by atoms with Crippen LogP contribution in [0.1, 0.15) is 24.2 Å². The van der Waals surface area contributed by atoms with Gasteiger partial charge in [0.1, 0.15) is 0 Å². The molecule has 0 unspecified atom stereocenters. The van der Waals surface area contributed by atoms with Gasteiger partial charge in [-0.3, -0.25) is 4.18 Å². The van der Waals surface area contributed by atoms with Crippen molar-refractivity contribution in [1.82, 2.24) is 0 Å². The molecule has 0 aliphatic heterocycles. The highest BCUT2D eigenvalue weighted by atomic mass is 32.2. The van der Waals surface area contributed by atoms with Crippen molar-refractivity contribution >= 4 is 16.1 Å². The average Bonchev–Trinajstić information content (AvgIpc) is 2.60. The number of ether oxygens (including phenoxy) is 1. The monoisotopic (exact) mass is 348 g/mol. The average molecular weight is 348 g/mol.